The van der Waals surface area contributed by atoms with Crippen LogP contribution in [0.15, 0.2) is 53.6 Å². The largest absolute Gasteiger partial charge is 0.496 e. The smallest absolute Gasteiger partial charge is 0.303 e. The van der Waals surface area contributed by atoms with Gasteiger partial charge in [-0.2, -0.15) is 0 Å². The fourth-order valence-corrected chi connectivity index (χ4v) is 5.74. The summed E-state index contributed by atoms with van der Waals surface area (Å²) < 4.78 is 47.8. The Hall–Kier alpha value is -3.99. The molecule has 1 atom stereocenters. The standard InChI is InChI=1S/C27H31N3O7S/c1-4-29-18-25(27(28-29)36-5-2)38(33,34)30-17-21(13-15-26(31)32)37-24-14-11-19(16-22(24)30)10-12-20-8-6-7-9-23(20)35-3/h6-12,14,16,18,21H,4-5,13,15,17H2,1-3H3,(H,31,32)/b12-10+/t21-/m0/s1. The third kappa shape index (κ3) is 5.77. The first-order chi connectivity index (χ1) is 18.3. The molecule has 0 fully saturated rings. The van der Waals surface area contributed by atoms with Crippen molar-refractivity contribution in [3.05, 3.63) is 59.8 Å². The van der Waals surface area contributed by atoms with Crippen LogP contribution in [0.4, 0.5) is 5.69 Å². The highest BCUT2D eigenvalue weighted by Crippen LogP contribution is 2.40. The van der Waals surface area contributed by atoms with Crippen molar-refractivity contribution in [1.29, 1.82) is 0 Å². The number of fused-ring (bicyclic) bond motifs is 1. The molecule has 0 spiro atoms. The number of rotatable bonds is 11. The van der Waals surface area contributed by atoms with Gasteiger partial charge >= 0.3 is 5.97 Å². The Morgan fingerprint density at radius 1 is 1.21 bits per heavy atom. The molecule has 1 aromatic heterocycles. The van der Waals surface area contributed by atoms with Gasteiger partial charge < -0.3 is 19.3 Å². The lowest BCUT2D eigenvalue weighted by Crippen LogP contribution is -2.43. The topological polar surface area (TPSA) is 120 Å². The fourth-order valence-electron chi connectivity index (χ4n) is 4.16. The predicted octanol–water partition coefficient (Wildman–Crippen LogP) is 4.30. The molecule has 4 rings (SSSR count). The number of aromatic nitrogens is 2. The number of aliphatic carboxylic acids is 1. The monoisotopic (exact) mass is 541 g/mol. The van der Waals surface area contributed by atoms with Gasteiger partial charge in [0.2, 0.25) is 0 Å². The molecule has 11 heteroatoms. The first kappa shape index (κ1) is 27.1. The fraction of sp³-hybridized carbons (Fsp3) is 0.333. The van der Waals surface area contributed by atoms with Gasteiger partial charge in [0.05, 0.1) is 25.9 Å². The Labute approximate surface area is 222 Å². The molecule has 1 N–H and O–H groups in total. The van der Waals surface area contributed by atoms with E-state index in [1.165, 1.54) is 15.2 Å². The lowest BCUT2D eigenvalue weighted by atomic mass is 10.1. The number of carbonyl (C=O) groups is 1. The lowest BCUT2D eigenvalue weighted by molar-refractivity contribution is -0.137. The maximum Gasteiger partial charge on any atom is 0.303 e. The molecule has 0 aliphatic carbocycles. The highest BCUT2D eigenvalue weighted by Gasteiger charge is 2.37. The van der Waals surface area contributed by atoms with E-state index in [-0.39, 0.29) is 36.8 Å². The number of para-hydroxylation sites is 1. The van der Waals surface area contributed by atoms with Crippen molar-refractivity contribution in [3.63, 3.8) is 0 Å². The van der Waals surface area contributed by atoms with Crippen LogP contribution in [0.1, 0.15) is 37.8 Å². The Bertz CT molecular complexity index is 1430. The van der Waals surface area contributed by atoms with Crippen LogP contribution >= 0.6 is 0 Å². The molecule has 0 bridgehead atoms. The molecule has 38 heavy (non-hydrogen) atoms. The normalized spacial score (nSPS) is 15.2. The molecule has 2 aromatic carbocycles. The number of hydrogen-bond donors (Lipinski definition) is 1. The van der Waals surface area contributed by atoms with Gasteiger partial charge in [-0.25, -0.2) is 8.42 Å². The number of carboxylic acid groups (broad SMARTS) is 1. The minimum absolute atomic E-state index is 0.0247. The van der Waals surface area contributed by atoms with Crippen LogP contribution in [0, 0.1) is 0 Å². The first-order valence-corrected chi connectivity index (χ1v) is 13.8. The SMILES string of the molecule is CCOc1nn(CC)cc1S(=O)(=O)N1C[C@H](CCC(=O)O)Oc2ccc(/C=C/c3ccccc3OC)cc21. The second-order valence-corrected chi connectivity index (χ2v) is 10.4. The van der Waals surface area contributed by atoms with Crippen molar-refractivity contribution in [3.8, 4) is 17.4 Å². The number of aryl methyl sites for hydroxylation is 1. The van der Waals surface area contributed by atoms with Crippen LogP contribution in [0.5, 0.6) is 17.4 Å². The zero-order chi connectivity index (χ0) is 27.3. The van der Waals surface area contributed by atoms with Crippen molar-refractivity contribution >= 4 is 33.8 Å². The highest BCUT2D eigenvalue weighted by molar-refractivity contribution is 7.93. The highest BCUT2D eigenvalue weighted by atomic mass is 32.2. The second kappa shape index (κ2) is 11.6. The van der Waals surface area contributed by atoms with Gasteiger partial charge in [0.15, 0.2) is 4.90 Å². The summed E-state index contributed by atoms with van der Waals surface area (Å²) in [6, 6.07) is 12.8. The van der Waals surface area contributed by atoms with Gasteiger partial charge in [0, 0.05) is 24.7 Å². The molecule has 1 aliphatic heterocycles. The third-order valence-corrected chi connectivity index (χ3v) is 7.82. The van der Waals surface area contributed by atoms with Gasteiger partial charge in [-0.3, -0.25) is 13.8 Å². The summed E-state index contributed by atoms with van der Waals surface area (Å²) in [7, 11) is -2.53. The number of anilines is 1. The second-order valence-electron chi connectivity index (χ2n) is 8.60. The third-order valence-electron chi connectivity index (χ3n) is 6.06. The maximum atomic E-state index is 14.0. The van der Waals surface area contributed by atoms with E-state index >= 15 is 0 Å². The molecular formula is C27H31N3O7S. The maximum absolute atomic E-state index is 14.0. The number of benzene rings is 2. The Morgan fingerprint density at radius 2 is 2.00 bits per heavy atom. The van der Waals surface area contributed by atoms with Crippen molar-refractivity contribution in [2.75, 3.05) is 24.6 Å². The average molecular weight is 542 g/mol. The number of methoxy groups -OCH3 is 1. The molecule has 0 amide bonds. The summed E-state index contributed by atoms with van der Waals surface area (Å²) in [6.07, 6.45) is 4.57. The van der Waals surface area contributed by atoms with E-state index < -0.39 is 22.1 Å². The van der Waals surface area contributed by atoms with Crippen molar-refractivity contribution in [2.24, 2.45) is 0 Å². The minimum Gasteiger partial charge on any atom is -0.496 e. The number of hydrogen-bond acceptors (Lipinski definition) is 7. The van der Waals surface area contributed by atoms with Gasteiger partial charge in [-0.1, -0.05) is 36.4 Å². The van der Waals surface area contributed by atoms with Crippen molar-refractivity contribution in [2.45, 2.75) is 44.2 Å². The van der Waals surface area contributed by atoms with E-state index in [0.717, 1.165) is 11.1 Å². The predicted molar refractivity (Wildman–Crippen MR) is 143 cm³/mol. The summed E-state index contributed by atoms with van der Waals surface area (Å²) in [5.74, 6) is 0.114. The van der Waals surface area contributed by atoms with Crippen LogP contribution in [0.3, 0.4) is 0 Å². The summed E-state index contributed by atoms with van der Waals surface area (Å²) in [5.41, 5.74) is 1.97. The molecule has 0 saturated heterocycles. The van der Waals surface area contributed by atoms with Crippen molar-refractivity contribution < 1.29 is 32.5 Å². The minimum atomic E-state index is -4.13. The molecule has 202 valence electrons. The van der Waals surface area contributed by atoms with E-state index in [1.807, 2.05) is 49.4 Å². The van der Waals surface area contributed by atoms with Crippen molar-refractivity contribution in [1.82, 2.24) is 9.78 Å². The molecule has 0 saturated carbocycles. The zero-order valence-corrected chi connectivity index (χ0v) is 22.3. The van der Waals surface area contributed by atoms with Gasteiger partial charge in [-0.05, 0) is 44.0 Å². The van der Waals surface area contributed by atoms with Gasteiger partial charge in [0.1, 0.15) is 17.6 Å². The molecule has 2 heterocycles. The van der Waals surface area contributed by atoms with Crippen LogP contribution in [-0.2, 0) is 21.4 Å². The molecular weight excluding hydrogens is 510 g/mol. The summed E-state index contributed by atoms with van der Waals surface area (Å²) in [4.78, 5) is 11.1. The number of carboxylic acids is 1. The lowest BCUT2D eigenvalue weighted by Gasteiger charge is -2.35. The summed E-state index contributed by atoms with van der Waals surface area (Å²) in [6.45, 7) is 4.28. The number of nitrogens with zero attached hydrogens (tertiary/aromatic N) is 3. The average Bonchev–Trinajstić information content (AvgIpc) is 3.34. The van der Waals surface area contributed by atoms with Gasteiger partial charge in [-0.15, -0.1) is 5.10 Å². The Balaban J connectivity index is 1.76. The first-order valence-electron chi connectivity index (χ1n) is 12.3. The van der Waals surface area contributed by atoms with Crippen LogP contribution < -0.4 is 18.5 Å². The Morgan fingerprint density at radius 3 is 2.71 bits per heavy atom. The molecule has 3 aromatic rings. The quantitative estimate of drug-likeness (QED) is 0.357. The van der Waals surface area contributed by atoms with Crippen LogP contribution in [0.2, 0.25) is 0 Å². The van der Waals surface area contributed by atoms with E-state index in [0.29, 0.717) is 23.7 Å². The van der Waals surface area contributed by atoms with E-state index in [1.54, 1.807) is 26.2 Å². The van der Waals surface area contributed by atoms with Gasteiger partial charge in [0.25, 0.3) is 15.9 Å². The summed E-state index contributed by atoms with van der Waals surface area (Å²) in [5, 5.41) is 13.4. The molecule has 1 aliphatic rings. The molecule has 10 nitrogen and oxygen atoms in total. The zero-order valence-electron chi connectivity index (χ0n) is 21.5. The van der Waals surface area contributed by atoms with E-state index in [9.17, 15) is 13.2 Å². The van der Waals surface area contributed by atoms with E-state index in [2.05, 4.69) is 5.10 Å². The van der Waals surface area contributed by atoms with Crippen LogP contribution in [0.25, 0.3) is 12.2 Å². The summed E-state index contributed by atoms with van der Waals surface area (Å²) >= 11 is 0. The molecule has 0 radical (unpaired) electrons. The van der Waals surface area contributed by atoms with Crippen LogP contribution in [-0.4, -0.2) is 55.6 Å². The number of sulfonamides is 1. The Kier molecular flexibility index (Phi) is 8.26. The number of ether oxygens (including phenoxy) is 3. The van der Waals surface area contributed by atoms with E-state index in [4.69, 9.17) is 19.3 Å². The molecule has 0 unspecified atom stereocenters.